The van der Waals surface area contributed by atoms with E-state index in [9.17, 15) is 0 Å². The van der Waals surface area contributed by atoms with Gasteiger partial charge in [-0.15, -0.1) is 0 Å². The zero-order valence-corrected chi connectivity index (χ0v) is 13.2. The number of benzene rings is 1. The van der Waals surface area contributed by atoms with Gasteiger partial charge in [0.25, 0.3) is 0 Å². The van der Waals surface area contributed by atoms with Gasteiger partial charge in [-0.3, -0.25) is 4.99 Å². The first-order valence-electron chi connectivity index (χ1n) is 7.38. The van der Waals surface area contributed by atoms with Crippen LogP contribution in [0.2, 0.25) is 0 Å². The zero-order valence-electron chi connectivity index (χ0n) is 13.2. The second kappa shape index (κ2) is 9.23. The topological polar surface area (TPSA) is 39.7 Å². The lowest BCUT2D eigenvalue weighted by atomic mass is 10.1. The second-order valence-electron chi connectivity index (χ2n) is 5.09. The van der Waals surface area contributed by atoms with Gasteiger partial charge in [-0.05, 0) is 30.5 Å². The molecule has 0 radical (unpaired) electrons. The highest BCUT2D eigenvalue weighted by Gasteiger charge is 1.98. The molecule has 0 amide bonds. The van der Waals surface area contributed by atoms with E-state index in [4.69, 9.17) is 0 Å². The van der Waals surface area contributed by atoms with Gasteiger partial charge in [0.15, 0.2) is 5.96 Å². The summed E-state index contributed by atoms with van der Waals surface area (Å²) >= 11 is 0. The fraction of sp³-hybridized carbons (Fsp3) is 0.562. The molecule has 0 saturated carbocycles. The summed E-state index contributed by atoms with van der Waals surface area (Å²) in [5.41, 5.74) is 2.57. The molecule has 4 heteroatoms. The van der Waals surface area contributed by atoms with E-state index in [1.807, 2.05) is 7.05 Å². The standard InChI is InChI=1S/C16H28N4/c1-5-6-12-18-16(17-2)19-13-11-14-7-9-15(10-8-14)20(3)4/h7-10H,5-6,11-13H2,1-4H3,(H2,17,18,19). The Morgan fingerprint density at radius 1 is 1.10 bits per heavy atom. The highest BCUT2D eigenvalue weighted by Crippen LogP contribution is 2.12. The first kappa shape index (κ1) is 16.3. The van der Waals surface area contributed by atoms with Gasteiger partial charge in [-0.2, -0.15) is 0 Å². The summed E-state index contributed by atoms with van der Waals surface area (Å²) in [5.74, 6) is 0.892. The number of guanidine groups is 1. The van der Waals surface area contributed by atoms with Crippen LogP contribution in [0, 0.1) is 0 Å². The number of nitrogens with zero attached hydrogens (tertiary/aromatic N) is 2. The predicted molar refractivity (Wildman–Crippen MR) is 88.7 cm³/mol. The number of nitrogens with one attached hydrogen (secondary N) is 2. The third-order valence-corrected chi connectivity index (χ3v) is 3.21. The van der Waals surface area contributed by atoms with Crippen molar-refractivity contribution >= 4 is 11.6 Å². The first-order valence-corrected chi connectivity index (χ1v) is 7.38. The number of hydrogen-bond donors (Lipinski definition) is 2. The molecule has 0 saturated heterocycles. The number of anilines is 1. The molecule has 0 atom stereocenters. The smallest absolute Gasteiger partial charge is 0.190 e. The Morgan fingerprint density at radius 3 is 2.30 bits per heavy atom. The minimum absolute atomic E-state index is 0.892. The van der Waals surface area contributed by atoms with Crippen molar-refractivity contribution in [3.63, 3.8) is 0 Å². The van der Waals surface area contributed by atoms with Crippen molar-refractivity contribution in [3.8, 4) is 0 Å². The molecule has 0 heterocycles. The highest BCUT2D eigenvalue weighted by atomic mass is 15.2. The highest BCUT2D eigenvalue weighted by molar-refractivity contribution is 5.79. The van der Waals surface area contributed by atoms with Crippen LogP contribution < -0.4 is 15.5 Å². The van der Waals surface area contributed by atoms with Gasteiger partial charge in [0, 0.05) is 39.9 Å². The third kappa shape index (κ3) is 5.95. The van der Waals surface area contributed by atoms with Crippen molar-refractivity contribution in [2.45, 2.75) is 26.2 Å². The average molecular weight is 276 g/mol. The van der Waals surface area contributed by atoms with Crippen LogP contribution >= 0.6 is 0 Å². The monoisotopic (exact) mass is 276 g/mol. The van der Waals surface area contributed by atoms with Crippen molar-refractivity contribution in [2.24, 2.45) is 4.99 Å². The Hall–Kier alpha value is -1.71. The molecule has 0 aliphatic carbocycles. The van der Waals surface area contributed by atoms with Gasteiger partial charge >= 0.3 is 0 Å². The summed E-state index contributed by atoms with van der Waals surface area (Å²) in [5, 5.41) is 6.66. The number of aliphatic imine (C=N–C) groups is 1. The van der Waals surface area contributed by atoms with Crippen LogP contribution in [-0.2, 0) is 6.42 Å². The summed E-state index contributed by atoms with van der Waals surface area (Å²) in [7, 11) is 5.93. The number of rotatable bonds is 7. The van der Waals surface area contributed by atoms with Gasteiger partial charge in [-0.1, -0.05) is 25.5 Å². The summed E-state index contributed by atoms with van der Waals surface area (Å²) in [4.78, 5) is 6.33. The lowest BCUT2D eigenvalue weighted by molar-refractivity contribution is 0.727. The van der Waals surface area contributed by atoms with Crippen LogP contribution in [0.5, 0.6) is 0 Å². The normalized spacial score (nSPS) is 11.3. The Morgan fingerprint density at radius 2 is 1.75 bits per heavy atom. The minimum Gasteiger partial charge on any atom is -0.378 e. The van der Waals surface area contributed by atoms with Crippen molar-refractivity contribution in [2.75, 3.05) is 39.1 Å². The molecule has 2 N–H and O–H groups in total. The van der Waals surface area contributed by atoms with Crippen molar-refractivity contribution < 1.29 is 0 Å². The van der Waals surface area contributed by atoms with Crippen molar-refractivity contribution in [1.82, 2.24) is 10.6 Å². The van der Waals surface area contributed by atoms with Crippen LogP contribution in [0.1, 0.15) is 25.3 Å². The molecule has 1 aromatic carbocycles. The van der Waals surface area contributed by atoms with Gasteiger partial charge < -0.3 is 15.5 Å². The van der Waals surface area contributed by atoms with E-state index >= 15 is 0 Å². The van der Waals surface area contributed by atoms with Gasteiger partial charge in [-0.25, -0.2) is 0 Å². The van der Waals surface area contributed by atoms with Crippen molar-refractivity contribution in [3.05, 3.63) is 29.8 Å². The van der Waals surface area contributed by atoms with Crippen molar-refractivity contribution in [1.29, 1.82) is 0 Å². The molecule has 0 spiro atoms. The van der Waals surface area contributed by atoms with E-state index < -0.39 is 0 Å². The molecule has 1 rings (SSSR count). The largest absolute Gasteiger partial charge is 0.378 e. The molecule has 20 heavy (non-hydrogen) atoms. The van der Waals surface area contributed by atoms with E-state index in [2.05, 4.69) is 65.8 Å². The minimum atomic E-state index is 0.892. The number of unbranched alkanes of at least 4 members (excludes halogenated alkanes) is 1. The van der Waals surface area contributed by atoms with E-state index in [-0.39, 0.29) is 0 Å². The Kier molecular flexibility index (Phi) is 7.55. The fourth-order valence-electron chi connectivity index (χ4n) is 1.89. The Balaban J connectivity index is 2.32. The van der Waals surface area contributed by atoms with Crippen LogP contribution in [0.4, 0.5) is 5.69 Å². The van der Waals surface area contributed by atoms with Crippen LogP contribution in [0.15, 0.2) is 29.3 Å². The molecule has 4 nitrogen and oxygen atoms in total. The average Bonchev–Trinajstić information content (AvgIpc) is 2.46. The number of hydrogen-bond acceptors (Lipinski definition) is 2. The quantitative estimate of drug-likeness (QED) is 0.456. The summed E-state index contributed by atoms with van der Waals surface area (Å²) < 4.78 is 0. The Bertz CT molecular complexity index is 395. The Labute approximate surface area is 123 Å². The maximum atomic E-state index is 4.22. The molecule has 1 aromatic rings. The van der Waals surface area contributed by atoms with Crippen LogP contribution in [-0.4, -0.2) is 40.2 Å². The lowest BCUT2D eigenvalue weighted by Gasteiger charge is -2.13. The van der Waals surface area contributed by atoms with Gasteiger partial charge in [0.1, 0.15) is 0 Å². The molecule has 0 aliphatic heterocycles. The molecule has 112 valence electrons. The first-order chi connectivity index (χ1) is 9.67. The molecule has 0 aliphatic rings. The zero-order chi connectivity index (χ0) is 14.8. The van der Waals surface area contributed by atoms with E-state index in [0.29, 0.717) is 0 Å². The van der Waals surface area contributed by atoms with Gasteiger partial charge in [0.2, 0.25) is 0 Å². The summed E-state index contributed by atoms with van der Waals surface area (Å²) in [6.07, 6.45) is 3.37. The summed E-state index contributed by atoms with van der Waals surface area (Å²) in [6, 6.07) is 8.68. The lowest BCUT2D eigenvalue weighted by Crippen LogP contribution is -2.38. The van der Waals surface area contributed by atoms with Gasteiger partial charge in [0.05, 0.1) is 0 Å². The maximum absolute atomic E-state index is 4.22. The molecule has 0 unspecified atom stereocenters. The van der Waals surface area contributed by atoms with E-state index in [1.165, 1.54) is 24.1 Å². The van der Waals surface area contributed by atoms with Crippen LogP contribution in [0.25, 0.3) is 0 Å². The molecule has 0 bridgehead atoms. The van der Waals surface area contributed by atoms with E-state index in [0.717, 1.165) is 25.5 Å². The predicted octanol–water partition coefficient (Wildman–Crippen LogP) is 2.26. The molecular formula is C16H28N4. The fourth-order valence-corrected chi connectivity index (χ4v) is 1.89. The molecule has 0 fully saturated rings. The molecular weight excluding hydrogens is 248 g/mol. The second-order valence-corrected chi connectivity index (χ2v) is 5.09. The molecule has 0 aromatic heterocycles. The summed E-state index contributed by atoms with van der Waals surface area (Å²) in [6.45, 7) is 4.07. The van der Waals surface area contributed by atoms with Crippen LogP contribution in [0.3, 0.4) is 0 Å². The van der Waals surface area contributed by atoms with E-state index in [1.54, 1.807) is 0 Å². The SMILES string of the molecule is CCCCNC(=NC)NCCc1ccc(N(C)C)cc1. The third-order valence-electron chi connectivity index (χ3n) is 3.21. The maximum Gasteiger partial charge on any atom is 0.190 e.